The summed E-state index contributed by atoms with van der Waals surface area (Å²) in [6, 6.07) is 13.9. The van der Waals surface area contributed by atoms with Gasteiger partial charge in [0, 0.05) is 13.6 Å². The molecule has 0 aliphatic heterocycles. The maximum absolute atomic E-state index is 13.4. The third-order valence-corrected chi connectivity index (χ3v) is 6.34. The van der Waals surface area contributed by atoms with Crippen molar-refractivity contribution >= 4 is 27.5 Å². The molecule has 0 fully saturated rings. The second-order valence-electron chi connectivity index (χ2n) is 7.60. The zero-order chi connectivity index (χ0) is 23.2. The number of rotatable bonds is 9. The van der Waals surface area contributed by atoms with E-state index in [4.69, 9.17) is 0 Å². The van der Waals surface area contributed by atoms with Crippen molar-refractivity contribution in [2.75, 3.05) is 24.2 Å². The van der Waals surface area contributed by atoms with Crippen molar-refractivity contribution in [2.24, 2.45) is 0 Å². The van der Waals surface area contributed by atoms with Gasteiger partial charge >= 0.3 is 0 Å². The molecule has 1 atom stereocenters. The Bertz CT molecular complexity index is 1040. The average molecular weight is 446 g/mol. The van der Waals surface area contributed by atoms with E-state index in [2.05, 4.69) is 5.32 Å². The Hall–Kier alpha value is -2.87. The van der Waals surface area contributed by atoms with Crippen molar-refractivity contribution in [1.29, 1.82) is 0 Å². The fourth-order valence-electron chi connectivity index (χ4n) is 3.45. The van der Waals surface area contributed by atoms with Gasteiger partial charge in [-0.1, -0.05) is 43.3 Å². The number of benzene rings is 2. The second-order valence-corrected chi connectivity index (χ2v) is 9.50. The van der Waals surface area contributed by atoms with Crippen LogP contribution in [0.15, 0.2) is 48.5 Å². The zero-order valence-electron chi connectivity index (χ0n) is 18.8. The van der Waals surface area contributed by atoms with Gasteiger partial charge in [-0.25, -0.2) is 8.42 Å². The van der Waals surface area contributed by atoms with Crippen molar-refractivity contribution < 1.29 is 18.0 Å². The number of carbonyl (C=O) groups is 2. The Balaban J connectivity index is 2.44. The second kappa shape index (κ2) is 10.4. The number of carbonyl (C=O) groups excluding carboxylic acids is 2. The first-order valence-electron chi connectivity index (χ1n) is 10.2. The van der Waals surface area contributed by atoms with Gasteiger partial charge in [-0.15, -0.1) is 0 Å². The minimum Gasteiger partial charge on any atom is -0.357 e. The smallest absolute Gasteiger partial charge is 0.244 e. The van der Waals surface area contributed by atoms with E-state index in [-0.39, 0.29) is 19.0 Å². The molecule has 0 radical (unpaired) electrons. The molecular formula is C23H31N3O4S. The first-order valence-corrected chi connectivity index (χ1v) is 12.0. The summed E-state index contributed by atoms with van der Waals surface area (Å²) in [4.78, 5) is 27.4. The lowest BCUT2D eigenvalue weighted by Gasteiger charge is -2.33. The topological polar surface area (TPSA) is 86.8 Å². The van der Waals surface area contributed by atoms with E-state index in [9.17, 15) is 18.0 Å². The average Bonchev–Trinajstić information content (AvgIpc) is 2.71. The maximum Gasteiger partial charge on any atom is 0.244 e. The molecule has 2 rings (SSSR count). The van der Waals surface area contributed by atoms with Gasteiger partial charge in [-0.3, -0.25) is 13.9 Å². The summed E-state index contributed by atoms with van der Waals surface area (Å²) in [7, 11) is -2.19. The van der Waals surface area contributed by atoms with Crippen LogP contribution in [-0.4, -0.2) is 51.0 Å². The van der Waals surface area contributed by atoms with Gasteiger partial charge in [-0.05, 0) is 49.1 Å². The number of amides is 2. The molecule has 0 aromatic heterocycles. The molecule has 1 N–H and O–H groups in total. The third-order valence-electron chi connectivity index (χ3n) is 5.20. The molecule has 0 aliphatic rings. The van der Waals surface area contributed by atoms with Gasteiger partial charge in [0.1, 0.15) is 12.6 Å². The van der Waals surface area contributed by atoms with E-state index in [1.54, 1.807) is 18.2 Å². The number of sulfonamides is 1. The fraction of sp³-hybridized carbons (Fsp3) is 0.391. The number of hydrogen-bond donors (Lipinski definition) is 1. The third kappa shape index (κ3) is 6.30. The summed E-state index contributed by atoms with van der Waals surface area (Å²) in [6.07, 6.45) is 1.48. The van der Waals surface area contributed by atoms with Crippen LogP contribution < -0.4 is 9.62 Å². The molecule has 1 unspecified atom stereocenters. The molecule has 8 heteroatoms. The van der Waals surface area contributed by atoms with E-state index in [0.29, 0.717) is 12.1 Å². The van der Waals surface area contributed by atoms with Gasteiger partial charge in [-0.2, -0.15) is 0 Å². The van der Waals surface area contributed by atoms with Crippen LogP contribution in [0.4, 0.5) is 5.69 Å². The molecule has 168 valence electrons. The van der Waals surface area contributed by atoms with Crippen molar-refractivity contribution in [2.45, 2.75) is 39.8 Å². The monoisotopic (exact) mass is 445 g/mol. The lowest BCUT2D eigenvalue weighted by Crippen LogP contribution is -2.51. The first kappa shape index (κ1) is 24.4. The normalized spacial score (nSPS) is 12.2. The number of aryl methyl sites for hydroxylation is 2. The van der Waals surface area contributed by atoms with Crippen molar-refractivity contribution in [3.05, 3.63) is 65.2 Å². The molecule has 0 spiro atoms. The minimum atomic E-state index is -3.72. The van der Waals surface area contributed by atoms with Crippen LogP contribution in [0.5, 0.6) is 0 Å². The molecule has 0 saturated heterocycles. The standard InChI is InChI=1S/C23H31N3O4S/c1-6-21(23(28)24-4)25(15-19-12-8-7-11-18(19)3)22(27)16-26(31(5,29)30)20-13-9-10-17(2)14-20/h7-14,21H,6,15-16H2,1-5H3,(H,24,28). The van der Waals surface area contributed by atoms with E-state index in [0.717, 1.165) is 27.3 Å². The lowest BCUT2D eigenvalue weighted by molar-refractivity contribution is -0.140. The molecule has 2 amide bonds. The number of likely N-dealkylation sites (N-methyl/N-ethyl adjacent to an activating group) is 1. The zero-order valence-corrected chi connectivity index (χ0v) is 19.6. The highest BCUT2D eigenvalue weighted by atomic mass is 32.2. The van der Waals surface area contributed by atoms with Crippen LogP contribution in [0, 0.1) is 13.8 Å². The largest absolute Gasteiger partial charge is 0.357 e. The molecule has 0 aliphatic carbocycles. The van der Waals surface area contributed by atoms with E-state index >= 15 is 0 Å². The van der Waals surface area contributed by atoms with Crippen molar-refractivity contribution in [1.82, 2.24) is 10.2 Å². The quantitative estimate of drug-likeness (QED) is 0.643. The summed E-state index contributed by atoms with van der Waals surface area (Å²) in [5.41, 5.74) is 3.19. The summed E-state index contributed by atoms with van der Waals surface area (Å²) in [5.74, 6) is -0.725. The molecule has 2 aromatic rings. The fourth-order valence-corrected chi connectivity index (χ4v) is 4.30. The molecule has 0 bridgehead atoms. The Morgan fingerprint density at radius 3 is 2.29 bits per heavy atom. The minimum absolute atomic E-state index is 0.211. The van der Waals surface area contributed by atoms with E-state index in [1.807, 2.05) is 51.1 Å². The Kier molecular flexibility index (Phi) is 8.21. The Morgan fingerprint density at radius 1 is 1.06 bits per heavy atom. The predicted octanol–water partition coefficient (Wildman–Crippen LogP) is 2.62. The Labute approximate surface area is 185 Å². The number of anilines is 1. The highest BCUT2D eigenvalue weighted by Crippen LogP contribution is 2.21. The van der Waals surface area contributed by atoms with Crippen molar-refractivity contribution in [3.8, 4) is 0 Å². The van der Waals surface area contributed by atoms with Gasteiger partial charge in [0.2, 0.25) is 21.8 Å². The lowest BCUT2D eigenvalue weighted by atomic mass is 10.1. The van der Waals surface area contributed by atoms with Gasteiger partial charge < -0.3 is 10.2 Å². The summed E-state index contributed by atoms with van der Waals surface area (Å²) in [5, 5.41) is 2.61. The number of hydrogen-bond acceptors (Lipinski definition) is 4. The van der Waals surface area contributed by atoms with Gasteiger partial charge in [0.25, 0.3) is 0 Å². The molecule has 0 heterocycles. The predicted molar refractivity (Wildman–Crippen MR) is 123 cm³/mol. The molecule has 0 saturated carbocycles. The van der Waals surface area contributed by atoms with Crippen LogP contribution >= 0.6 is 0 Å². The number of nitrogens with zero attached hydrogens (tertiary/aromatic N) is 2. The van der Waals surface area contributed by atoms with Crippen LogP contribution in [0.1, 0.15) is 30.0 Å². The summed E-state index contributed by atoms with van der Waals surface area (Å²) >= 11 is 0. The van der Waals surface area contributed by atoms with E-state index < -0.39 is 22.0 Å². The maximum atomic E-state index is 13.4. The highest BCUT2D eigenvalue weighted by molar-refractivity contribution is 7.92. The Morgan fingerprint density at radius 2 is 1.74 bits per heavy atom. The van der Waals surface area contributed by atoms with Crippen LogP contribution in [0.2, 0.25) is 0 Å². The van der Waals surface area contributed by atoms with Crippen LogP contribution in [0.25, 0.3) is 0 Å². The SMILES string of the molecule is CCC(C(=O)NC)N(Cc1ccccc1C)C(=O)CN(c1cccc(C)c1)S(C)(=O)=O. The molecule has 2 aromatic carbocycles. The summed E-state index contributed by atoms with van der Waals surface area (Å²) in [6.45, 7) is 5.45. The highest BCUT2D eigenvalue weighted by Gasteiger charge is 2.31. The molecule has 31 heavy (non-hydrogen) atoms. The van der Waals surface area contributed by atoms with Gasteiger partial charge in [0.05, 0.1) is 11.9 Å². The molecule has 7 nitrogen and oxygen atoms in total. The van der Waals surface area contributed by atoms with Crippen LogP contribution in [-0.2, 0) is 26.2 Å². The van der Waals surface area contributed by atoms with Gasteiger partial charge in [0.15, 0.2) is 0 Å². The van der Waals surface area contributed by atoms with E-state index in [1.165, 1.54) is 11.9 Å². The summed E-state index contributed by atoms with van der Waals surface area (Å²) < 4.78 is 26.1. The first-order chi connectivity index (χ1) is 14.6. The van der Waals surface area contributed by atoms with Crippen molar-refractivity contribution in [3.63, 3.8) is 0 Å². The number of nitrogens with one attached hydrogen (secondary N) is 1. The van der Waals surface area contributed by atoms with Crippen LogP contribution in [0.3, 0.4) is 0 Å². The molecular weight excluding hydrogens is 414 g/mol.